The van der Waals surface area contributed by atoms with Crippen molar-refractivity contribution in [1.82, 2.24) is 15.5 Å². The number of nitrogens with zero attached hydrogens (tertiary/aromatic N) is 1. The number of carbonyl (C=O) groups excluding carboxylic acids is 1. The molecule has 2 N–H and O–H groups in total. The summed E-state index contributed by atoms with van der Waals surface area (Å²) in [5, 5.41) is 5.91. The molecule has 2 aromatic carbocycles. The lowest BCUT2D eigenvalue weighted by atomic mass is 10.1. The van der Waals surface area contributed by atoms with Gasteiger partial charge in [0, 0.05) is 26.2 Å². The Kier molecular flexibility index (Phi) is 9.18. The predicted molar refractivity (Wildman–Crippen MR) is 123 cm³/mol. The Hall–Kier alpha value is -2.57. The molecule has 31 heavy (non-hydrogen) atoms. The van der Waals surface area contributed by atoms with Crippen LogP contribution in [0.5, 0.6) is 5.75 Å². The number of amides is 2. The highest BCUT2D eigenvalue weighted by atomic mass is 16.5. The van der Waals surface area contributed by atoms with Crippen LogP contribution in [-0.4, -0.2) is 43.3 Å². The first-order valence-electron chi connectivity index (χ1n) is 11.3. The van der Waals surface area contributed by atoms with E-state index in [1.165, 1.54) is 5.56 Å². The number of benzene rings is 2. The molecule has 1 heterocycles. The Morgan fingerprint density at radius 3 is 2.58 bits per heavy atom. The number of urea groups is 1. The Balaban J connectivity index is 1.45. The maximum absolute atomic E-state index is 12.3. The van der Waals surface area contributed by atoms with Crippen LogP contribution in [0, 0.1) is 0 Å². The fourth-order valence-electron chi connectivity index (χ4n) is 3.70. The van der Waals surface area contributed by atoms with Crippen LogP contribution in [0.15, 0.2) is 48.5 Å². The number of rotatable bonds is 11. The molecule has 1 fully saturated rings. The summed E-state index contributed by atoms with van der Waals surface area (Å²) in [4.78, 5) is 14.7. The van der Waals surface area contributed by atoms with Gasteiger partial charge < -0.3 is 20.1 Å². The van der Waals surface area contributed by atoms with Gasteiger partial charge in [-0.1, -0.05) is 50.2 Å². The van der Waals surface area contributed by atoms with Gasteiger partial charge in [-0.3, -0.25) is 4.90 Å². The number of hydrogen-bond acceptors (Lipinski definition) is 4. The van der Waals surface area contributed by atoms with E-state index in [1.807, 2.05) is 30.3 Å². The highest BCUT2D eigenvalue weighted by molar-refractivity contribution is 5.73. The molecule has 168 valence electrons. The van der Waals surface area contributed by atoms with Gasteiger partial charge in [0.1, 0.15) is 12.4 Å². The Morgan fingerprint density at radius 2 is 1.84 bits per heavy atom. The van der Waals surface area contributed by atoms with Gasteiger partial charge in [-0.25, -0.2) is 4.79 Å². The van der Waals surface area contributed by atoms with Gasteiger partial charge in [-0.2, -0.15) is 0 Å². The molecule has 0 aliphatic carbocycles. The van der Waals surface area contributed by atoms with Crippen molar-refractivity contribution in [3.8, 4) is 5.75 Å². The SMILES string of the molecule is CCN(CC)Cc1ccccc1CNC(=O)NCc1cccc(OCC2CCCO2)c1. The van der Waals surface area contributed by atoms with E-state index < -0.39 is 0 Å². The minimum atomic E-state index is -0.177. The van der Waals surface area contributed by atoms with Gasteiger partial charge in [0.15, 0.2) is 0 Å². The molecular formula is C25H35N3O3. The first-order valence-corrected chi connectivity index (χ1v) is 11.3. The van der Waals surface area contributed by atoms with Crippen molar-refractivity contribution in [1.29, 1.82) is 0 Å². The lowest BCUT2D eigenvalue weighted by molar-refractivity contribution is 0.0679. The van der Waals surface area contributed by atoms with E-state index in [1.54, 1.807) is 0 Å². The third kappa shape index (κ3) is 7.56. The van der Waals surface area contributed by atoms with Crippen LogP contribution in [0.25, 0.3) is 0 Å². The van der Waals surface area contributed by atoms with Crippen LogP contribution in [0.4, 0.5) is 4.79 Å². The lowest BCUT2D eigenvalue weighted by Crippen LogP contribution is -2.35. The van der Waals surface area contributed by atoms with E-state index in [-0.39, 0.29) is 12.1 Å². The molecule has 2 amide bonds. The molecule has 1 unspecified atom stereocenters. The number of ether oxygens (including phenoxy) is 2. The van der Waals surface area contributed by atoms with E-state index in [0.717, 1.165) is 56.0 Å². The average Bonchev–Trinajstić information content (AvgIpc) is 3.33. The molecule has 0 bridgehead atoms. The van der Waals surface area contributed by atoms with Crippen LogP contribution >= 0.6 is 0 Å². The second-order valence-electron chi connectivity index (χ2n) is 7.86. The molecule has 0 spiro atoms. The Morgan fingerprint density at radius 1 is 1.06 bits per heavy atom. The molecule has 1 aliphatic heterocycles. The zero-order chi connectivity index (χ0) is 21.9. The van der Waals surface area contributed by atoms with E-state index in [4.69, 9.17) is 9.47 Å². The van der Waals surface area contributed by atoms with Gasteiger partial charge in [0.05, 0.1) is 6.10 Å². The summed E-state index contributed by atoms with van der Waals surface area (Å²) in [6.45, 7) is 9.60. The summed E-state index contributed by atoms with van der Waals surface area (Å²) in [6.07, 6.45) is 2.35. The molecule has 1 atom stereocenters. The van der Waals surface area contributed by atoms with Gasteiger partial charge in [-0.15, -0.1) is 0 Å². The smallest absolute Gasteiger partial charge is 0.315 e. The van der Waals surface area contributed by atoms with E-state index in [9.17, 15) is 4.79 Å². The molecule has 6 nitrogen and oxygen atoms in total. The van der Waals surface area contributed by atoms with Gasteiger partial charge in [0.25, 0.3) is 0 Å². The maximum Gasteiger partial charge on any atom is 0.315 e. The molecule has 3 rings (SSSR count). The van der Waals surface area contributed by atoms with Gasteiger partial charge >= 0.3 is 6.03 Å². The number of hydrogen-bond donors (Lipinski definition) is 2. The van der Waals surface area contributed by atoms with Crippen molar-refractivity contribution in [2.45, 2.75) is 52.4 Å². The topological polar surface area (TPSA) is 62.8 Å². The predicted octanol–water partition coefficient (Wildman–Crippen LogP) is 4.09. The van der Waals surface area contributed by atoms with Crippen LogP contribution in [-0.2, 0) is 24.4 Å². The highest BCUT2D eigenvalue weighted by Crippen LogP contribution is 2.17. The molecule has 0 aromatic heterocycles. The summed E-state index contributed by atoms with van der Waals surface area (Å²) in [5.41, 5.74) is 3.40. The van der Waals surface area contributed by atoms with E-state index >= 15 is 0 Å². The van der Waals surface area contributed by atoms with Crippen molar-refractivity contribution in [3.05, 3.63) is 65.2 Å². The Bertz CT molecular complexity index is 817. The summed E-state index contributed by atoms with van der Waals surface area (Å²) in [6, 6.07) is 15.9. The fraction of sp³-hybridized carbons (Fsp3) is 0.480. The minimum absolute atomic E-state index is 0.177. The average molecular weight is 426 g/mol. The van der Waals surface area contributed by atoms with Crippen molar-refractivity contribution in [2.24, 2.45) is 0 Å². The quantitative estimate of drug-likeness (QED) is 0.569. The highest BCUT2D eigenvalue weighted by Gasteiger charge is 2.16. The largest absolute Gasteiger partial charge is 0.491 e. The monoisotopic (exact) mass is 425 g/mol. The standard InChI is InChI=1S/C25H35N3O3/c1-3-28(4-2)18-22-11-6-5-10-21(22)17-27-25(29)26-16-20-9-7-12-23(15-20)31-19-24-13-8-14-30-24/h5-7,9-12,15,24H,3-4,8,13-14,16-19H2,1-2H3,(H2,26,27,29). The van der Waals surface area contributed by atoms with Crippen LogP contribution < -0.4 is 15.4 Å². The van der Waals surface area contributed by atoms with E-state index in [2.05, 4.69) is 47.6 Å². The van der Waals surface area contributed by atoms with Crippen molar-refractivity contribution in [2.75, 3.05) is 26.3 Å². The zero-order valence-corrected chi connectivity index (χ0v) is 18.7. The third-order valence-corrected chi connectivity index (χ3v) is 5.66. The summed E-state index contributed by atoms with van der Waals surface area (Å²) in [5.74, 6) is 0.806. The van der Waals surface area contributed by atoms with Crippen LogP contribution in [0.2, 0.25) is 0 Å². The normalized spacial score (nSPS) is 15.8. The maximum atomic E-state index is 12.3. The fourth-order valence-corrected chi connectivity index (χ4v) is 3.70. The van der Waals surface area contributed by atoms with Crippen molar-refractivity contribution < 1.29 is 14.3 Å². The van der Waals surface area contributed by atoms with Crippen LogP contribution in [0.1, 0.15) is 43.4 Å². The van der Waals surface area contributed by atoms with Gasteiger partial charge in [-0.05, 0) is 54.8 Å². The lowest BCUT2D eigenvalue weighted by Gasteiger charge is -2.20. The Labute approximate surface area is 185 Å². The minimum Gasteiger partial charge on any atom is -0.491 e. The van der Waals surface area contributed by atoms with Crippen LogP contribution in [0.3, 0.4) is 0 Å². The van der Waals surface area contributed by atoms with Crippen molar-refractivity contribution >= 4 is 6.03 Å². The number of carbonyl (C=O) groups is 1. The number of nitrogens with one attached hydrogen (secondary N) is 2. The second kappa shape index (κ2) is 12.3. The molecular weight excluding hydrogens is 390 g/mol. The molecule has 0 saturated carbocycles. The molecule has 0 radical (unpaired) electrons. The second-order valence-corrected chi connectivity index (χ2v) is 7.86. The first-order chi connectivity index (χ1) is 15.2. The third-order valence-electron chi connectivity index (χ3n) is 5.66. The summed E-state index contributed by atoms with van der Waals surface area (Å²) in [7, 11) is 0. The van der Waals surface area contributed by atoms with Gasteiger partial charge in [0.2, 0.25) is 0 Å². The molecule has 1 aliphatic rings. The molecule has 6 heteroatoms. The summed E-state index contributed by atoms with van der Waals surface area (Å²) < 4.78 is 11.4. The molecule has 1 saturated heterocycles. The summed E-state index contributed by atoms with van der Waals surface area (Å²) >= 11 is 0. The first kappa shape index (κ1) is 23.1. The molecule has 2 aromatic rings. The van der Waals surface area contributed by atoms with Crippen molar-refractivity contribution in [3.63, 3.8) is 0 Å². The zero-order valence-electron chi connectivity index (χ0n) is 18.7. The van der Waals surface area contributed by atoms with E-state index in [0.29, 0.717) is 19.7 Å².